The van der Waals surface area contributed by atoms with Crippen LogP contribution in [0.25, 0.3) is 0 Å². The number of para-hydroxylation sites is 2. The zero-order valence-electron chi connectivity index (χ0n) is 16.6. The lowest BCUT2D eigenvalue weighted by Crippen LogP contribution is -2.44. The van der Waals surface area contributed by atoms with E-state index in [-0.39, 0.29) is 36.5 Å². The lowest BCUT2D eigenvalue weighted by atomic mass is 10.2. The van der Waals surface area contributed by atoms with Crippen LogP contribution in [0.1, 0.15) is 32.6 Å². The van der Waals surface area contributed by atoms with Crippen molar-refractivity contribution < 1.29 is 9.53 Å². The van der Waals surface area contributed by atoms with Gasteiger partial charge in [-0.15, -0.1) is 24.0 Å². The van der Waals surface area contributed by atoms with Gasteiger partial charge < -0.3 is 20.3 Å². The lowest BCUT2D eigenvalue weighted by molar-refractivity contribution is -0.121. The molecule has 2 aliphatic rings. The topological polar surface area (TPSA) is 66.0 Å². The van der Waals surface area contributed by atoms with Gasteiger partial charge >= 0.3 is 0 Å². The number of nitrogens with one attached hydrogen (secondary N) is 2. The van der Waals surface area contributed by atoms with Crippen molar-refractivity contribution in [1.82, 2.24) is 10.6 Å². The second-order valence-corrected chi connectivity index (χ2v) is 8.46. The molecule has 0 saturated heterocycles. The number of ether oxygens (including phenoxy) is 1. The highest BCUT2D eigenvalue weighted by Crippen LogP contribution is 2.31. The molecule has 0 radical (unpaired) electrons. The first-order valence-corrected chi connectivity index (χ1v) is 10.9. The molecule has 28 heavy (non-hydrogen) atoms. The van der Waals surface area contributed by atoms with Gasteiger partial charge in [-0.05, 0) is 43.6 Å². The second-order valence-electron chi connectivity index (χ2n) is 6.89. The van der Waals surface area contributed by atoms with Crippen LogP contribution in [0.5, 0.6) is 5.75 Å². The van der Waals surface area contributed by atoms with Crippen LogP contribution in [-0.4, -0.2) is 55.7 Å². The van der Waals surface area contributed by atoms with E-state index in [9.17, 15) is 4.79 Å². The van der Waals surface area contributed by atoms with E-state index in [4.69, 9.17) is 4.74 Å². The molecule has 0 spiro atoms. The standard InChI is InChI=1S/C20H30N4O2S.HI/c1-3-27-16-10-9-15(13-16)23-20(21-2)22-11-6-12-24-17-7-4-5-8-18(17)26-14-19(24)25;/h4-5,7-8,15-16H,3,6,9-14H2,1-2H3,(H2,21,22,23);1H. The number of carbonyl (C=O) groups is 1. The molecule has 1 heterocycles. The predicted octanol–water partition coefficient (Wildman–Crippen LogP) is 3.26. The number of guanidine groups is 1. The summed E-state index contributed by atoms with van der Waals surface area (Å²) in [5, 5.41) is 7.70. The summed E-state index contributed by atoms with van der Waals surface area (Å²) in [6.07, 6.45) is 4.54. The normalized spacial score (nSPS) is 21.6. The van der Waals surface area contributed by atoms with E-state index < -0.39 is 0 Å². The summed E-state index contributed by atoms with van der Waals surface area (Å²) in [5.41, 5.74) is 0.863. The van der Waals surface area contributed by atoms with Gasteiger partial charge in [0.1, 0.15) is 5.75 Å². The number of hydrogen-bond donors (Lipinski definition) is 2. The summed E-state index contributed by atoms with van der Waals surface area (Å²) in [5.74, 6) is 2.84. The zero-order chi connectivity index (χ0) is 19.1. The Labute approximate surface area is 189 Å². The summed E-state index contributed by atoms with van der Waals surface area (Å²) in [6, 6.07) is 8.21. The number of rotatable bonds is 7. The Balaban J connectivity index is 0.00000280. The molecule has 1 fully saturated rings. The van der Waals surface area contributed by atoms with Crippen LogP contribution >= 0.6 is 35.7 Å². The molecule has 0 bridgehead atoms. The molecule has 156 valence electrons. The number of amides is 1. The van der Waals surface area contributed by atoms with E-state index in [0.29, 0.717) is 12.6 Å². The average molecular weight is 518 g/mol. The van der Waals surface area contributed by atoms with Crippen molar-refractivity contribution in [2.75, 3.05) is 37.4 Å². The number of aliphatic imine (C=N–C) groups is 1. The number of halogens is 1. The van der Waals surface area contributed by atoms with Gasteiger partial charge in [0, 0.05) is 31.4 Å². The third-order valence-corrected chi connectivity index (χ3v) is 6.24. The fourth-order valence-corrected chi connectivity index (χ4v) is 4.83. The van der Waals surface area contributed by atoms with E-state index >= 15 is 0 Å². The van der Waals surface area contributed by atoms with Crippen LogP contribution in [-0.2, 0) is 4.79 Å². The van der Waals surface area contributed by atoms with Crippen molar-refractivity contribution in [3.8, 4) is 5.75 Å². The number of fused-ring (bicyclic) bond motifs is 1. The van der Waals surface area contributed by atoms with Crippen LogP contribution in [0.2, 0.25) is 0 Å². The Hall–Kier alpha value is -1.16. The first-order chi connectivity index (χ1) is 13.2. The molecular weight excluding hydrogens is 487 g/mol. The van der Waals surface area contributed by atoms with Gasteiger partial charge in [-0.2, -0.15) is 11.8 Å². The number of nitrogens with zero attached hydrogens (tertiary/aromatic N) is 2. The van der Waals surface area contributed by atoms with Gasteiger partial charge in [-0.1, -0.05) is 19.1 Å². The SMILES string of the molecule is CCSC1CCC(NC(=NC)NCCCN2C(=O)COc3ccccc32)C1.I. The number of anilines is 1. The van der Waals surface area contributed by atoms with Crippen molar-refractivity contribution >= 4 is 53.3 Å². The Morgan fingerprint density at radius 1 is 1.36 bits per heavy atom. The van der Waals surface area contributed by atoms with Crippen molar-refractivity contribution in [3.05, 3.63) is 24.3 Å². The fourth-order valence-electron chi connectivity index (χ4n) is 3.69. The molecule has 1 amide bonds. The van der Waals surface area contributed by atoms with Crippen LogP contribution < -0.4 is 20.3 Å². The molecule has 2 atom stereocenters. The van der Waals surface area contributed by atoms with Crippen LogP contribution in [0.15, 0.2) is 29.3 Å². The van der Waals surface area contributed by atoms with Crippen molar-refractivity contribution in [2.24, 2.45) is 4.99 Å². The van der Waals surface area contributed by atoms with Crippen LogP contribution in [0.3, 0.4) is 0 Å². The molecule has 3 rings (SSSR count). The van der Waals surface area contributed by atoms with Gasteiger partial charge in [0.15, 0.2) is 12.6 Å². The molecular formula is C20H31IN4O2S. The molecule has 2 unspecified atom stereocenters. The van der Waals surface area contributed by atoms with E-state index in [1.165, 1.54) is 25.0 Å². The first-order valence-electron chi connectivity index (χ1n) is 9.82. The van der Waals surface area contributed by atoms with Gasteiger partial charge in [-0.3, -0.25) is 9.79 Å². The molecule has 1 saturated carbocycles. The van der Waals surface area contributed by atoms with E-state index in [2.05, 4.69) is 34.3 Å². The third kappa shape index (κ3) is 6.17. The summed E-state index contributed by atoms with van der Waals surface area (Å²) in [4.78, 5) is 18.4. The van der Waals surface area contributed by atoms with Gasteiger partial charge in [0.25, 0.3) is 5.91 Å². The highest BCUT2D eigenvalue weighted by molar-refractivity contribution is 14.0. The Morgan fingerprint density at radius 2 is 2.18 bits per heavy atom. The predicted molar refractivity (Wildman–Crippen MR) is 128 cm³/mol. The maximum absolute atomic E-state index is 12.2. The van der Waals surface area contributed by atoms with Crippen LogP contribution in [0.4, 0.5) is 5.69 Å². The lowest BCUT2D eigenvalue weighted by Gasteiger charge is -2.29. The fraction of sp³-hybridized carbons (Fsp3) is 0.600. The first kappa shape index (κ1) is 23.1. The van der Waals surface area contributed by atoms with Crippen LogP contribution in [0, 0.1) is 0 Å². The number of thioether (sulfide) groups is 1. The Kier molecular flexibility index (Phi) is 9.70. The van der Waals surface area contributed by atoms with Crippen molar-refractivity contribution in [1.29, 1.82) is 0 Å². The Morgan fingerprint density at radius 3 is 2.96 bits per heavy atom. The van der Waals surface area contributed by atoms with Crippen molar-refractivity contribution in [2.45, 2.75) is 43.9 Å². The largest absolute Gasteiger partial charge is 0.482 e. The zero-order valence-corrected chi connectivity index (χ0v) is 19.8. The molecule has 0 aromatic heterocycles. The smallest absolute Gasteiger partial charge is 0.265 e. The highest BCUT2D eigenvalue weighted by atomic mass is 127. The molecule has 8 heteroatoms. The average Bonchev–Trinajstić information content (AvgIpc) is 3.13. The quantitative estimate of drug-likeness (QED) is 0.251. The summed E-state index contributed by atoms with van der Waals surface area (Å²) >= 11 is 2.06. The Bertz CT molecular complexity index is 673. The molecule has 1 aliphatic heterocycles. The maximum Gasteiger partial charge on any atom is 0.265 e. The van der Waals surface area contributed by atoms with Gasteiger partial charge in [0.05, 0.1) is 5.69 Å². The minimum Gasteiger partial charge on any atom is -0.482 e. The summed E-state index contributed by atoms with van der Waals surface area (Å²) < 4.78 is 5.49. The maximum atomic E-state index is 12.2. The number of carbonyl (C=O) groups excluding carboxylic acids is 1. The molecule has 2 N–H and O–H groups in total. The van der Waals surface area contributed by atoms with E-state index in [1.807, 2.05) is 36.2 Å². The molecule has 1 aromatic rings. The van der Waals surface area contributed by atoms with Crippen molar-refractivity contribution in [3.63, 3.8) is 0 Å². The van der Waals surface area contributed by atoms with E-state index in [0.717, 1.165) is 35.6 Å². The van der Waals surface area contributed by atoms with Gasteiger partial charge in [-0.25, -0.2) is 0 Å². The molecule has 6 nitrogen and oxygen atoms in total. The second kappa shape index (κ2) is 11.7. The molecule has 1 aliphatic carbocycles. The summed E-state index contributed by atoms with van der Waals surface area (Å²) in [7, 11) is 1.81. The third-order valence-electron chi connectivity index (χ3n) is 5.01. The monoisotopic (exact) mass is 518 g/mol. The minimum absolute atomic E-state index is 0. The van der Waals surface area contributed by atoms with E-state index in [1.54, 1.807) is 0 Å². The highest BCUT2D eigenvalue weighted by Gasteiger charge is 2.26. The summed E-state index contributed by atoms with van der Waals surface area (Å²) in [6.45, 7) is 3.78. The minimum atomic E-state index is 0. The number of benzene rings is 1. The molecule has 1 aromatic carbocycles. The van der Waals surface area contributed by atoms with Gasteiger partial charge in [0.2, 0.25) is 0 Å². The number of hydrogen-bond acceptors (Lipinski definition) is 4.